The molecule has 0 radical (unpaired) electrons. The Kier molecular flexibility index (Phi) is 1.86. The second kappa shape index (κ2) is 2.68. The molecule has 5 unspecified atom stereocenters. The van der Waals surface area contributed by atoms with Gasteiger partial charge in [-0.15, -0.1) is 0 Å². The summed E-state index contributed by atoms with van der Waals surface area (Å²) in [6, 6.07) is 0. The molecule has 0 aliphatic heterocycles. The highest BCUT2D eigenvalue weighted by atomic mass is 16.3. The fraction of sp³-hybridized carbons (Fsp3) is 1.00. The summed E-state index contributed by atoms with van der Waals surface area (Å²) in [5.74, 6) is 3.28. The molecule has 2 bridgehead atoms. The van der Waals surface area contributed by atoms with Gasteiger partial charge in [0.2, 0.25) is 0 Å². The zero-order chi connectivity index (χ0) is 11.9. The van der Waals surface area contributed by atoms with Crippen LogP contribution in [0.25, 0.3) is 0 Å². The van der Waals surface area contributed by atoms with E-state index in [1.807, 2.05) is 0 Å². The van der Waals surface area contributed by atoms with Crippen LogP contribution in [0.1, 0.15) is 47.5 Å². The van der Waals surface area contributed by atoms with Gasteiger partial charge in [-0.05, 0) is 52.8 Å². The number of aliphatic hydroxyl groups is 1. The predicted octanol–water partition coefficient (Wildman–Crippen LogP) is 3.32. The van der Waals surface area contributed by atoms with Crippen molar-refractivity contribution in [2.24, 2.45) is 39.9 Å². The SMILES string of the molecule is CC(C)(C)C1C2CC(CO)C3(C2)C1C3(C)C. The molecule has 3 rings (SSSR count). The summed E-state index contributed by atoms with van der Waals surface area (Å²) in [6.45, 7) is 12.5. The van der Waals surface area contributed by atoms with E-state index in [4.69, 9.17) is 0 Å². The minimum atomic E-state index is 0.424. The lowest BCUT2D eigenvalue weighted by Crippen LogP contribution is -2.31. The van der Waals surface area contributed by atoms with Gasteiger partial charge >= 0.3 is 0 Å². The van der Waals surface area contributed by atoms with Crippen molar-refractivity contribution in [3.63, 3.8) is 0 Å². The van der Waals surface area contributed by atoms with Crippen LogP contribution in [0, 0.1) is 39.9 Å². The molecule has 5 atom stereocenters. The van der Waals surface area contributed by atoms with Gasteiger partial charge in [-0.2, -0.15) is 0 Å². The largest absolute Gasteiger partial charge is 0.396 e. The lowest BCUT2D eigenvalue weighted by molar-refractivity contribution is 0.0971. The van der Waals surface area contributed by atoms with E-state index in [1.54, 1.807) is 0 Å². The van der Waals surface area contributed by atoms with Crippen LogP contribution in [0.3, 0.4) is 0 Å². The van der Waals surface area contributed by atoms with Crippen molar-refractivity contribution in [1.29, 1.82) is 0 Å². The molecule has 3 aliphatic carbocycles. The first kappa shape index (κ1) is 11.1. The third-order valence-corrected chi connectivity index (χ3v) is 6.45. The van der Waals surface area contributed by atoms with Crippen LogP contribution in [0.2, 0.25) is 0 Å². The molecule has 16 heavy (non-hydrogen) atoms. The Morgan fingerprint density at radius 2 is 1.88 bits per heavy atom. The Morgan fingerprint density at radius 3 is 2.38 bits per heavy atom. The minimum Gasteiger partial charge on any atom is -0.396 e. The average molecular weight is 222 g/mol. The van der Waals surface area contributed by atoms with Gasteiger partial charge in [0.25, 0.3) is 0 Å². The Labute approximate surface area is 99.6 Å². The molecule has 0 aromatic carbocycles. The summed E-state index contributed by atoms with van der Waals surface area (Å²) in [5.41, 5.74) is 1.46. The quantitative estimate of drug-likeness (QED) is 0.721. The molecular weight excluding hydrogens is 196 g/mol. The highest BCUT2D eigenvalue weighted by Gasteiger charge is 2.83. The van der Waals surface area contributed by atoms with Crippen molar-refractivity contribution in [3.8, 4) is 0 Å². The van der Waals surface area contributed by atoms with Gasteiger partial charge in [-0.3, -0.25) is 0 Å². The fourth-order valence-electron chi connectivity index (χ4n) is 6.12. The molecule has 0 amide bonds. The zero-order valence-corrected chi connectivity index (χ0v) is 11.4. The third-order valence-electron chi connectivity index (χ3n) is 6.45. The second-order valence-corrected chi connectivity index (χ2v) is 8.21. The third kappa shape index (κ3) is 0.939. The normalized spacial score (nSPS) is 52.9. The number of hydrogen-bond acceptors (Lipinski definition) is 1. The first-order valence-electron chi connectivity index (χ1n) is 6.87. The Balaban J connectivity index is 1.98. The van der Waals surface area contributed by atoms with Gasteiger partial charge in [0.15, 0.2) is 0 Å². The summed E-state index contributed by atoms with van der Waals surface area (Å²) in [7, 11) is 0. The summed E-state index contributed by atoms with van der Waals surface area (Å²) < 4.78 is 0. The second-order valence-electron chi connectivity index (χ2n) is 8.21. The lowest BCUT2D eigenvalue weighted by atomic mass is 9.68. The topological polar surface area (TPSA) is 20.2 Å². The molecular formula is C15H26O. The highest BCUT2D eigenvalue weighted by Crippen LogP contribution is 2.88. The summed E-state index contributed by atoms with van der Waals surface area (Å²) in [5, 5.41) is 9.60. The molecule has 0 saturated heterocycles. The average Bonchev–Trinajstić information content (AvgIpc) is 2.57. The Bertz CT molecular complexity index is 325. The molecule has 1 nitrogen and oxygen atoms in total. The molecule has 0 aromatic heterocycles. The van der Waals surface area contributed by atoms with Crippen LogP contribution >= 0.6 is 0 Å². The van der Waals surface area contributed by atoms with Crippen LogP contribution < -0.4 is 0 Å². The van der Waals surface area contributed by atoms with Crippen molar-refractivity contribution >= 4 is 0 Å². The molecule has 0 aromatic rings. The monoisotopic (exact) mass is 222 g/mol. The summed E-state index contributed by atoms with van der Waals surface area (Å²) in [4.78, 5) is 0. The molecule has 1 heteroatoms. The smallest absolute Gasteiger partial charge is 0.0464 e. The van der Waals surface area contributed by atoms with Gasteiger partial charge in [0.05, 0.1) is 0 Å². The lowest BCUT2D eigenvalue weighted by Gasteiger charge is -2.37. The van der Waals surface area contributed by atoms with E-state index in [1.165, 1.54) is 12.8 Å². The molecule has 3 fully saturated rings. The number of rotatable bonds is 1. The Morgan fingerprint density at radius 1 is 1.25 bits per heavy atom. The van der Waals surface area contributed by atoms with Gasteiger partial charge in [0.1, 0.15) is 0 Å². The van der Waals surface area contributed by atoms with Gasteiger partial charge in [-0.1, -0.05) is 34.6 Å². The molecule has 1 N–H and O–H groups in total. The maximum atomic E-state index is 9.60. The maximum Gasteiger partial charge on any atom is 0.0464 e. The van der Waals surface area contributed by atoms with E-state index in [9.17, 15) is 5.11 Å². The van der Waals surface area contributed by atoms with Crippen molar-refractivity contribution in [3.05, 3.63) is 0 Å². The highest BCUT2D eigenvalue weighted by molar-refractivity contribution is 5.31. The fourth-order valence-corrected chi connectivity index (χ4v) is 6.12. The van der Waals surface area contributed by atoms with E-state index in [2.05, 4.69) is 34.6 Å². The molecule has 1 spiro atoms. The van der Waals surface area contributed by atoms with Crippen LogP contribution in [0.4, 0.5) is 0 Å². The van der Waals surface area contributed by atoms with Crippen LogP contribution in [-0.2, 0) is 0 Å². The molecule has 3 saturated carbocycles. The number of hydrogen-bond donors (Lipinski definition) is 1. The van der Waals surface area contributed by atoms with Crippen molar-refractivity contribution in [2.45, 2.75) is 47.5 Å². The van der Waals surface area contributed by atoms with Crippen molar-refractivity contribution < 1.29 is 5.11 Å². The van der Waals surface area contributed by atoms with E-state index in [0.717, 1.165) is 17.8 Å². The van der Waals surface area contributed by atoms with E-state index in [-0.39, 0.29) is 0 Å². The van der Waals surface area contributed by atoms with Crippen LogP contribution in [0.5, 0.6) is 0 Å². The minimum absolute atomic E-state index is 0.424. The van der Waals surface area contributed by atoms with Gasteiger partial charge in [0, 0.05) is 6.61 Å². The van der Waals surface area contributed by atoms with Crippen LogP contribution in [-0.4, -0.2) is 11.7 Å². The van der Waals surface area contributed by atoms with Crippen molar-refractivity contribution in [1.82, 2.24) is 0 Å². The van der Waals surface area contributed by atoms with Crippen LogP contribution in [0.15, 0.2) is 0 Å². The number of fused-ring (bicyclic) bond motifs is 1. The van der Waals surface area contributed by atoms with E-state index >= 15 is 0 Å². The molecule has 3 aliphatic rings. The number of aliphatic hydroxyl groups excluding tert-OH is 1. The van der Waals surface area contributed by atoms with E-state index < -0.39 is 0 Å². The predicted molar refractivity (Wildman–Crippen MR) is 65.9 cm³/mol. The molecule has 0 heterocycles. The Hall–Kier alpha value is -0.0400. The van der Waals surface area contributed by atoms with E-state index in [0.29, 0.717) is 28.8 Å². The van der Waals surface area contributed by atoms with Gasteiger partial charge < -0.3 is 5.11 Å². The van der Waals surface area contributed by atoms with Gasteiger partial charge in [-0.25, -0.2) is 0 Å². The van der Waals surface area contributed by atoms with Crippen molar-refractivity contribution in [2.75, 3.05) is 6.61 Å². The first-order chi connectivity index (χ1) is 7.27. The molecule has 92 valence electrons. The summed E-state index contributed by atoms with van der Waals surface area (Å²) in [6.07, 6.45) is 2.69. The standard InChI is InChI=1S/C15H26O/c1-13(2,3)11-9-6-10(8-16)15(7-9)12(11)14(15,4)5/h9-12,16H,6-8H2,1-5H3. The maximum absolute atomic E-state index is 9.60. The zero-order valence-electron chi connectivity index (χ0n) is 11.4. The summed E-state index contributed by atoms with van der Waals surface area (Å²) >= 11 is 0. The first-order valence-corrected chi connectivity index (χ1v) is 6.87.